The summed E-state index contributed by atoms with van der Waals surface area (Å²) in [6, 6.07) is 6.78. The van der Waals surface area contributed by atoms with Gasteiger partial charge >= 0.3 is 5.97 Å². The number of carbonyl (C=O) groups is 2. The molecule has 1 aliphatic heterocycles. The number of carboxylic acids is 1. The van der Waals surface area contributed by atoms with Gasteiger partial charge in [-0.05, 0) is 17.7 Å². The number of hydrogen-bond donors (Lipinski definition) is 1. The molecule has 1 amide bonds. The summed E-state index contributed by atoms with van der Waals surface area (Å²) >= 11 is 0. The van der Waals surface area contributed by atoms with Crippen molar-refractivity contribution < 1.29 is 19.5 Å². The van der Waals surface area contributed by atoms with Crippen molar-refractivity contribution in [2.75, 3.05) is 11.7 Å². The zero-order chi connectivity index (χ0) is 11.5. The zero-order valence-corrected chi connectivity index (χ0v) is 8.55. The minimum Gasteiger partial charge on any atom is -0.481 e. The second kappa shape index (κ2) is 4.32. The highest BCUT2D eigenvalue weighted by atomic mass is 16.7. The lowest BCUT2D eigenvalue weighted by Crippen LogP contribution is -2.22. The van der Waals surface area contributed by atoms with Crippen LogP contribution in [0.2, 0.25) is 0 Å². The van der Waals surface area contributed by atoms with E-state index in [0.717, 1.165) is 0 Å². The van der Waals surface area contributed by atoms with Crippen LogP contribution in [0.25, 0.3) is 0 Å². The van der Waals surface area contributed by atoms with Gasteiger partial charge in [-0.15, -0.1) is 0 Å². The molecule has 5 nitrogen and oxygen atoms in total. The topological polar surface area (TPSA) is 66.8 Å². The van der Waals surface area contributed by atoms with E-state index in [1.54, 1.807) is 24.3 Å². The largest absolute Gasteiger partial charge is 0.481 e. The summed E-state index contributed by atoms with van der Waals surface area (Å²) in [5, 5.41) is 9.88. The van der Waals surface area contributed by atoms with Crippen molar-refractivity contribution in [1.82, 2.24) is 0 Å². The molecule has 1 saturated heterocycles. The van der Waals surface area contributed by atoms with Crippen molar-refractivity contribution in [2.24, 2.45) is 0 Å². The molecule has 16 heavy (non-hydrogen) atoms. The minimum atomic E-state index is -0.897. The van der Waals surface area contributed by atoms with Crippen LogP contribution in [0.3, 0.4) is 0 Å². The number of aliphatic carboxylic acids is 1. The van der Waals surface area contributed by atoms with Crippen LogP contribution in [0.1, 0.15) is 12.0 Å². The summed E-state index contributed by atoms with van der Waals surface area (Å²) in [5.41, 5.74) is 1.23. The van der Waals surface area contributed by atoms with Crippen LogP contribution in [-0.4, -0.2) is 23.6 Å². The smallest absolute Gasteiger partial charge is 0.307 e. The number of carboxylic acid groups (broad SMARTS) is 1. The first-order valence-corrected chi connectivity index (χ1v) is 4.93. The van der Waals surface area contributed by atoms with E-state index in [2.05, 4.69) is 0 Å². The van der Waals surface area contributed by atoms with Crippen molar-refractivity contribution in [3.05, 3.63) is 29.8 Å². The van der Waals surface area contributed by atoms with E-state index in [1.165, 1.54) is 5.06 Å². The molecule has 1 N–H and O–H groups in total. The van der Waals surface area contributed by atoms with Gasteiger partial charge in [-0.25, -0.2) is 0 Å². The summed E-state index contributed by atoms with van der Waals surface area (Å²) in [6.07, 6.45) is 0.305. The number of carbonyl (C=O) groups excluding carboxylic acids is 1. The third-order valence-electron chi connectivity index (χ3n) is 2.26. The highest BCUT2D eigenvalue weighted by molar-refractivity contribution is 5.92. The minimum absolute atomic E-state index is 0.0597. The van der Waals surface area contributed by atoms with Gasteiger partial charge in [-0.2, -0.15) is 5.06 Å². The number of hydroxylamine groups is 1. The molecular weight excluding hydrogens is 210 g/mol. The average Bonchev–Trinajstić information content (AvgIpc) is 2.64. The summed E-state index contributed by atoms with van der Waals surface area (Å²) in [4.78, 5) is 27.1. The van der Waals surface area contributed by atoms with Gasteiger partial charge in [0.15, 0.2) is 0 Å². The van der Waals surface area contributed by atoms with E-state index in [0.29, 0.717) is 24.3 Å². The van der Waals surface area contributed by atoms with Crippen LogP contribution < -0.4 is 5.06 Å². The van der Waals surface area contributed by atoms with E-state index in [-0.39, 0.29) is 12.3 Å². The maximum atomic E-state index is 11.4. The molecule has 0 bridgehead atoms. The number of rotatable bonds is 3. The molecule has 1 aromatic carbocycles. The van der Waals surface area contributed by atoms with Crippen LogP contribution >= 0.6 is 0 Å². The van der Waals surface area contributed by atoms with E-state index in [1.807, 2.05) is 0 Å². The van der Waals surface area contributed by atoms with Crippen LogP contribution in [0.5, 0.6) is 0 Å². The maximum absolute atomic E-state index is 11.4. The normalized spacial score (nSPS) is 15.5. The Labute approximate surface area is 92.2 Å². The van der Waals surface area contributed by atoms with Crippen LogP contribution in [0.4, 0.5) is 5.69 Å². The molecule has 0 radical (unpaired) electrons. The standard InChI is InChI=1S/C11H11NO4/c13-10-4-5-16-12(10)9-3-1-2-8(6-9)7-11(14)15/h1-3,6H,4-5,7H2,(H,14,15). The number of nitrogens with zero attached hydrogens (tertiary/aromatic N) is 1. The molecule has 2 rings (SSSR count). The van der Waals surface area contributed by atoms with Gasteiger partial charge < -0.3 is 5.11 Å². The predicted molar refractivity (Wildman–Crippen MR) is 55.8 cm³/mol. The summed E-state index contributed by atoms with van der Waals surface area (Å²) < 4.78 is 0. The first-order chi connectivity index (χ1) is 7.66. The molecule has 0 unspecified atom stereocenters. The Hall–Kier alpha value is -1.88. The lowest BCUT2D eigenvalue weighted by Gasteiger charge is -2.14. The van der Waals surface area contributed by atoms with E-state index in [9.17, 15) is 9.59 Å². The Balaban J connectivity index is 2.21. The van der Waals surface area contributed by atoms with Gasteiger partial charge in [0.2, 0.25) is 0 Å². The molecule has 0 aliphatic carbocycles. The van der Waals surface area contributed by atoms with Gasteiger partial charge in [0.05, 0.1) is 25.1 Å². The molecule has 84 valence electrons. The van der Waals surface area contributed by atoms with Crippen molar-refractivity contribution in [1.29, 1.82) is 0 Å². The molecule has 0 aromatic heterocycles. The molecular formula is C11H11NO4. The first-order valence-electron chi connectivity index (χ1n) is 4.93. The SMILES string of the molecule is O=C(O)Cc1cccc(N2OCCC2=O)c1. The second-order valence-corrected chi connectivity index (χ2v) is 3.51. The van der Waals surface area contributed by atoms with Crippen molar-refractivity contribution in [3.8, 4) is 0 Å². The van der Waals surface area contributed by atoms with Gasteiger partial charge in [0, 0.05) is 0 Å². The number of amides is 1. The molecule has 0 saturated carbocycles. The second-order valence-electron chi connectivity index (χ2n) is 3.51. The molecule has 5 heteroatoms. The fourth-order valence-electron chi connectivity index (χ4n) is 1.58. The summed E-state index contributed by atoms with van der Waals surface area (Å²) in [5.74, 6) is -1.00. The predicted octanol–water partition coefficient (Wildman–Crippen LogP) is 0.982. The fourth-order valence-corrected chi connectivity index (χ4v) is 1.58. The lowest BCUT2D eigenvalue weighted by atomic mass is 10.1. The Morgan fingerprint density at radius 3 is 2.94 bits per heavy atom. The van der Waals surface area contributed by atoms with E-state index >= 15 is 0 Å². The quantitative estimate of drug-likeness (QED) is 0.826. The highest BCUT2D eigenvalue weighted by Gasteiger charge is 2.23. The zero-order valence-electron chi connectivity index (χ0n) is 8.55. The van der Waals surface area contributed by atoms with Crippen LogP contribution in [0, 0.1) is 0 Å². The molecule has 1 aromatic rings. The third-order valence-corrected chi connectivity index (χ3v) is 2.26. The van der Waals surface area contributed by atoms with Crippen LogP contribution in [0.15, 0.2) is 24.3 Å². The fraction of sp³-hybridized carbons (Fsp3) is 0.273. The van der Waals surface area contributed by atoms with Gasteiger partial charge in [-0.3, -0.25) is 14.4 Å². The number of anilines is 1. The molecule has 1 aliphatic rings. The molecule has 1 heterocycles. The Morgan fingerprint density at radius 1 is 1.50 bits per heavy atom. The van der Waals surface area contributed by atoms with E-state index < -0.39 is 5.97 Å². The van der Waals surface area contributed by atoms with Gasteiger partial charge in [-0.1, -0.05) is 12.1 Å². The van der Waals surface area contributed by atoms with Gasteiger partial charge in [0.25, 0.3) is 5.91 Å². The maximum Gasteiger partial charge on any atom is 0.307 e. The average molecular weight is 221 g/mol. The molecule has 0 spiro atoms. The van der Waals surface area contributed by atoms with Gasteiger partial charge in [0.1, 0.15) is 0 Å². The van der Waals surface area contributed by atoms with Crippen LogP contribution in [-0.2, 0) is 20.8 Å². The van der Waals surface area contributed by atoms with Crippen molar-refractivity contribution >= 4 is 17.6 Å². The van der Waals surface area contributed by atoms with Crippen molar-refractivity contribution in [2.45, 2.75) is 12.8 Å². The monoisotopic (exact) mass is 221 g/mol. The molecule has 0 atom stereocenters. The third kappa shape index (κ3) is 2.20. The van der Waals surface area contributed by atoms with E-state index in [4.69, 9.17) is 9.94 Å². The Kier molecular flexibility index (Phi) is 2.87. The number of benzene rings is 1. The first kappa shape index (κ1) is 10.6. The van der Waals surface area contributed by atoms with Crippen molar-refractivity contribution in [3.63, 3.8) is 0 Å². The number of hydrogen-bond acceptors (Lipinski definition) is 3. The highest BCUT2D eigenvalue weighted by Crippen LogP contribution is 2.21. The Bertz CT molecular complexity index is 430. The molecule has 1 fully saturated rings. The summed E-state index contributed by atoms with van der Waals surface area (Å²) in [7, 11) is 0. The Morgan fingerprint density at radius 2 is 2.31 bits per heavy atom. The summed E-state index contributed by atoms with van der Waals surface area (Å²) in [6.45, 7) is 0.377. The lowest BCUT2D eigenvalue weighted by molar-refractivity contribution is -0.136.